The summed E-state index contributed by atoms with van der Waals surface area (Å²) in [5.41, 5.74) is 8.62. The highest BCUT2D eigenvalue weighted by molar-refractivity contribution is 7.89. The predicted molar refractivity (Wildman–Crippen MR) is 86.0 cm³/mol. The minimum Gasteiger partial charge on any atom is -0.398 e. The molecule has 0 spiro atoms. The summed E-state index contributed by atoms with van der Waals surface area (Å²) >= 11 is 0. The quantitative estimate of drug-likeness (QED) is 0.757. The Kier molecular flexibility index (Phi) is 6.19. The molecular weight excluding hydrogens is 288 g/mol. The summed E-state index contributed by atoms with van der Waals surface area (Å²) < 4.78 is 33.3. The first-order valence-electron chi connectivity index (χ1n) is 7.12. The molecule has 0 bridgehead atoms. The van der Waals surface area contributed by atoms with E-state index in [-0.39, 0.29) is 10.9 Å². The SMILES string of the molecule is CCCC(COC)NS(=O)(=O)c1c(C)c(C)cc(N)c1C. The molecule has 0 aromatic heterocycles. The number of nitrogens with two attached hydrogens (primary N) is 1. The first-order valence-corrected chi connectivity index (χ1v) is 8.60. The van der Waals surface area contributed by atoms with Crippen molar-refractivity contribution in [3.8, 4) is 0 Å². The zero-order valence-corrected chi connectivity index (χ0v) is 14.3. The van der Waals surface area contributed by atoms with Crippen molar-refractivity contribution < 1.29 is 13.2 Å². The molecule has 0 aliphatic rings. The summed E-state index contributed by atoms with van der Waals surface area (Å²) in [6, 6.07) is 1.58. The van der Waals surface area contributed by atoms with Crippen LogP contribution in [0.1, 0.15) is 36.5 Å². The maximum atomic E-state index is 12.7. The number of methoxy groups -OCH3 is 1. The second kappa shape index (κ2) is 7.24. The van der Waals surface area contributed by atoms with Crippen molar-refractivity contribution in [2.24, 2.45) is 0 Å². The molecule has 0 fully saturated rings. The molecule has 21 heavy (non-hydrogen) atoms. The molecular formula is C15H26N2O3S. The lowest BCUT2D eigenvalue weighted by atomic mass is 10.1. The van der Waals surface area contributed by atoms with Gasteiger partial charge in [0.15, 0.2) is 0 Å². The Hall–Kier alpha value is -1.11. The van der Waals surface area contributed by atoms with Gasteiger partial charge in [-0.1, -0.05) is 13.3 Å². The molecule has 1 aromatic rings. The number of benzene rings is 1. The number of nitrogens with one attached hydrogen (secondary N) is 1. The van der Waals surface area contributed by atoms with Crippen LogP contribution in [0.15, 0.2) is 11.0 Å². The van der Waals surface area contributed by atoms with Gasteiger partial charge in [0.2, 0.25) is 10.0 Å². The fourth-order valence-electron chi connectivity index (χ4n) is 2.45. The van der Waals surface area contributed by atoms with E-state index in [1.165, 1.54) is 0 Å². The molecule has 3 N–H and O–H groups in total. The van der Waals surface area contributed by atoms with Crippen molar-refractivity contribution in [3.05, 3.63) is 22.8 Å². The van der Waals surface area contributed by atoms with Crippen LogP contribution in [-0.4, -0.2) is 28.2 Å². The first-order chi connectivity index (χ1) is 9.74. The van der Waals surface area contributed by atoms with Crippen LogP contribution >= 0.6 is 0 Å². The molecule has 5 nitrogen and oxygen atoms in total. The average molecular weight is 314 g/mol. The number of sulfonamides is 1. The van der Waals surface area contributed by atoms with E-state index < -0.39 is 10.0 Å². The minimum atomic E-state index is -3.62. The number of nitrogen functional groups attached to an aromatic ring is 1. The Bertz CT molecular complexity index is 565. The van der Waals surface area contributed by atoms with Crippen LogP contribution in [0.4, 0.5) is 5.69 Å². The highest BCUT2D eigenvalue weighted by atomic mass is 32.2. The number of hydrogen-bond acceptors (Lipinski definition) is 4. The second-order valence-electron chi connectivity index (χ2n) is 5.42. The Balaban J connectivity index is 3.25. The minimum absolute atomic E-state index is 0.231. The van der Waals surface area contributed by atoms with Gasteiger partial charge < -0.3 is 10.5 Å². The van der Waals surface area contributed by atoms with Crippen molar-refractivity contribution in [1.29, 1.82) is 0 Å². The third-order valence-electron chi connectivity index (χ3n) is 3.67. The summed E-state index contributed by atoms with van der Waals surface area (Å²) in [6.07, 6.45) is 1.61. The van der Waals surface area contributed by atoms with Crippen LogP contribution in [0.2, 0.25) is 0 Å². The Morgan fingerprint density at radius 3 is 2.43 bits per heavy atom. The van der Waals surface area contributed by atoms with Crippen molar-refractivity contribution in [1.82, 2.24) is 4.72 Å². The molecule has 0 heterocycles. The largest absolute Gasteiger partial charge is 0.398 e. The van der Waals surface area contributed by atoms with Crippen LogP contribution < -0.4 is 10.5 Å². The fourth-order valence-corrected chi connectivity index (χ4v) is 4.28. The van der Waals surface area contributed by atoms with Gasteiger partial charge in [-0.25, -0.2) is 13.1 Å². The molecule has 0 saturated heterocycles. The standard InChI is InChI=1S/C15H26N2O3S/c1-6-7-13(9-20-5)17-21(18,19)15-11(3)10(2)8-14(16)12(15)4/h8,13,17H,6-7,9,16H2,1-5H3. The van der Waals surface area contributed by atoms with Gasteiger partial charge in [0.05, 0.1) is 11.5 Å². The molecule has 0 aliphatic carbocycles. The molecule has 0 saturated carbocycles. The highest BCUT2D eigenvalue weighted by Crippen LogP contribution is 2.28. The van der Waals surface area contributed by atoms with Gasteiger partial charge in [0, 0.05) is 18.8 Å². The summed E-state index contributed by atoms with van der Waals surface area (Å²) in [5, 5.41) is 0. The molecule has 1 atom stereocenters. The van der Waals surface area contributed by atoms with E-state index in [0.29, 0.717) is 17.9 Å². The molecule has 1 rings (SSSR count). The van der Waals surface area contributed by atoms with E-state index in [1.54, 1.807) is 14.0 Å². The number of rotatable bonds is 7. The van der Waals surface area contributed by atoms with E-state index in [2.05, 4.69) is 4.72 Å². The first kappa shape index (κ1) is 17.9. The number of aryl methyl sites for hydroxylation is 1. The van der Waals surface area contributed by atoms with Crippen LogP contribution in [0, 0.1) is 20.8 Å². The van der Waals surface area contributed by atoms with Gasteiger partial charge >= 0.3 is 0 Å². The third-order valence-corrected chi connectivity index (χ3v) is 5.47. The Labute approximate surface area is 127 Å². The normalized spacial score (nSPS) is 13.4. The van der Waals surface area contributed by atoms with Crippen LogP contribution in [-0.2, 0) is 14.8 Å². The zero-order valence-electron chi connectivity index (χ0n) is 13.5. The highest BCUT2D eigenvalue weighted by Gasteiger charge is 2.25. The lowest BCUT2D eigenvalue weighted by Gasteiger charge is -2.20. The Morgan fingerprint density at radius 1 is 1.29 bits per heavy atom. The summed E-state index contributed by atoms with van der Waals surface area (Å²) in [7, 11) is -2.05. The molecule has 0 amide bonds. The van der Waals surface area contributed by atoms with Gasteiger partial charge in [-0.2, -0.15) is 0 Å². The van der Waals surface area contributed by atoms with Gasteiger partial charge in [0.25, 0.3) is 0 Å². The molecule has 6 heteroatoms. The molecule has 1 unspecified atom stereocenters. The van der Waals surface area contributed by atoms with E-state index >= 15 is 0 Å². The smallest absolute Gasteiger partial charge is 0.241 e. The van der Waals surface area contributed by atoms with Gasteiger partial charge in [-0.15, -0.1) is 0 Å². The fraction of sp³-hybridized carbons (Fsp3) is 0.600. The second-order valence-corrected chi connectivity index (χ2v) is 7.07. The monoisotopic (exact) mass is 314 g/mol. The van der Waals surface area contributed by atoms with E-state index in [0.717, 1.165) is 24.0 Å². The average Bonchev–Trinajstić information content (AvgIpc) is 2.36. The lowest BCUT2D eigenvalue weighted by Crippen LogP contribution is -2.38. The number of hydrogen-bond donors (Lipinski definition) is 2. The van der Waals surface area contributed by atoms with Crippen LogP contribution in [0.5, 0.6) is 0 Å². The lowest BCUT2D eigenvalue weighted by molar-refractivity contribution is 0.171. The van der Waals surface area contributed by atoms with Gasteiger partial charge in [-0.05, 0) is 49.9 Å². The zero-order chi connectivity index (χ0) is 16.2. The van der Waals surface area contributed by atoms with E-state index in [9.17, 15) is 8.42 Å². The maximum absolute atomic E-state index is 12.7. The number of anilines is 1. The topological polar surface area (TPSA) is 81.4 Å². The van der Waals surface area contributed by atoms with Crippen LogP contribution in [0.25, 0.3) is 0 Å². The summed E-state index contributed by atoms with van der Waals surface area (Å²) in [6.45, 7) is 7.77. The van der Waals surface area contributed by atoms with Gasteiger partial charge in [-0.3, -0.25) is 0 Å². The van der Waals surface area contributed by atoms with Crippen molar-refractivity contribution >= 4 is 15.7 Å². The Morgan fingerprint density at radius 2 is 1.90 bits per heavy atom. The summed E-state index contributed by atoms with van der Waals surface area (Å²) in [4.78, 5) is 0.289. The molecule has 0 radical (unpaired) electrons. The van der Waals surface area contributed by atoms with E-state index in [4.69, 9.17) is 10.5 Å². The molecule has 120 valence electrons. The maximum Gasteiger partial charge on any atom is 0.241 e. The third kappa shape index (κ3) is 4.18. The van der Waals surface area contributed by atoms with Crippen molar-refractivity contribution in [2.45, 2.75) is 51.5 Å². The van der Waals surface area contributed by atoms with Crippen LogP contribution in [0.3, 0.4) is 0 Å². The van der Waals surface area contributed by atoms with Crippen molar-refractivity contribution in [2.75, 3.05) is 19.5 Å². The van der Waals surface area contributed by atoms with Crippen molar-refractivity contribution in [3.63, 3.8) is 0 Å². The molecule has 0 aliphatic heterocycles. The predicted octanol–water partition coefficient (Wildman–Crippen LogP) is 2.29. The summed E-state index contributed by atoms with van der Waals surface area (Å²) in [5.74, 6) is 0. The van der Waals surface area contributed by atoms with Gasteiger partial charge in [0.1, 0.15) is 0 Å². The molecule has 1 aromatic carbocycles. The van der Waals surface area contributed by atoms with E-state index in [1.807, 2.05) is 26.8 Å². The number of ether oxygens (including phenoxy) is 1.